The summed E-state index contributed by atoms with van der Waals surface area (Å²) in [5.74, 6) is 1.32. The average molecular weight is 295 g/mol. The molecule has 0 aromatic heterocycles. The van der Waals surface area contributed by atoms with Gasteiger partial charge >= 0.3 is 0 Å². The van der Waals surface area contributed by atoms with E-state index < -0.39 is 0 Å². The van der Waals surface area contributed by atoms with Crippen LogP contribution < -0.4 is 0 Å². The zero-order chi connectivity index (χ0) is 16.6. The van der Waals surface area contributed by atoms with Crippen molar-refractivity contribution in [2.75, 3.05) is 6.54 Å². The van der Waals surface area contributed by atoms with Crippen LogP contribution in [0.5, 0.6) is 0 Å². The van der Waals surface area contributed by atoms with E-state index in [1.165, 1.54) is 0 Å². The molecule has 0 aromatic rings. The Bertz CT molecular complexity index is 373. The molecule has 0 spiro atoms. The molecule has 0 saturated carbocycles. The molecule has 0 bridgehead atoms. The Morgan fingerprint density at radius 2 is 1.48 bits per heavy atom. The SMILES string of the molecule is CC(=O)C1CC(C)CC(C)CN(C(C)=O)C(C)(C)C1(C)C. The number of hydrogen-bond donors (Lipinski definition) is 0. The highest BCUT2D eigenvalue weighted by atomic mass is 16.2. The lowest BCUT2D eigenvalue weighted by atomic mass is 9.62. The third kappa shape index (κ3) is 3.49. The second-order valence-corrected chi connectivity index (χ2v) is 8.26. The fourth-order valence-electron chi connectivity index (χ4n) is 4.07. The second kappa shape index (κ2) is 6.10. The third-order valence-electron chi connectivity index (χ3n) is 5.93. The molecule has 0 radical (unpaired) electrons. The zero-order valence-corrected chi connectivity index (χ0v) is 15.1. The Kier molecular flexibility index (Phi) is 5.28. The minimum Gasteiger partial charge on any atom is -0.337 e. The van der Waals surface area contributed by atoms with Crippen LogP contribution in [0.3, 0.4) is 0 Å². The van der Waals surface area contributed by atoms with Crippen LogP contribution in [0.25, 0.3) is 0 Å². The smallest absolute Gasteiger partial charge is 0.219 e. The van der Waals surface area contributed by atoms with Crippen LogP contribution >= 0.6 is 0 Å². The van der Waals surface area contributed by atoms with Crippen LogP contribution in [0.1, 0.15) is 68.2 Å². The van der Waals surface area contributed by atoms with Gasteiger partial charge < -0.3 is 4.90 Å². The first kappa shape index (κ1) is 18.2. The van der Waals surface area contributed by atoms with Crippen molar-refractivity contribution in [2.45, 2.75) is 73.8 Å². The normalized spacial score (nSPS) is 32.8. The molecule has 1 fully saturated rings. The Morgan fingerprint density at radius 3 is 1.90 bits per heavy atom. The number of carbonyl (C=O) groups excluding carboxylic acids is 2. The first-order valence-corrected chi connectivity index (χ1v) is 8.19. The van der Waals surface area contributed by atoms with Crippen LogP contribution in [0.4, 0.5) is 0 Å². The van der Waals surface area contributed by atoms with E-state index in [4.69, 9.17) is 0 Å². The van der Waals surface area contributed by atoms with Gasteiger partial charge in [-0.1, -0.05) is 27.7 Å². The largest absolute Gasteiger partial charge is 0.337 e. The molecule has 3 unspecified atom stereocenters. The zero-order valence-electron chi connectivity index (χ0n) is 15.1. The van der Waals surface area contributed by atoms with Crippen molar-refractivity contribution >= 4 is 11.7 Å². The summed E-state index contributed by atoms with van der Waals surface area (Å²) in [6.45, 7) is 17.1. The summed E-state index contributed by atoms with van der Waals surface area (Å²) in [6, 6.07) is 0. The van der Waals surface area contributed by atoms with E-state index in [2.05, 4.69) is 41.5 Å². The molecule has 3 heteroatoms. The van der Waals surface area contributed by atoms with E-state index in [9.17, 15) is 9.59 Å². The summed E-state index contributed by atoms with van der Waals surface area (Å²) in [5, 5.41) is 0. The molecule has 3 atom stereocenters. The van der Waals surface area contributed by atoms with Gasteiger partial charge in [0, 0.05) is 24.9 Å². The first-order valence-electron chi connectivity index (χ1n) is 8.19. The van der Waals surface area contributed by atoms with Crippen molar-refractivity contribution in [3.8, 4) is 0 Å². The number of rotatable bonds is 1. The molecule has 1 amide bonds. The summed E-state index contributed by atoms with van der Waals surface area (Å²) < 4.78 is 0. The van der Waals surface area contributed by atoms with E-state index in [-0.39, 0.29) is 28.6 Å². The van der Waals surface area contributed by atoms with Crippen LogP contribution in [-0.2, 0) is 9.59 Å². The van der Waals surface area contributed by atoms with Crippen molar-refractivity contribution in [1.82, 2.24) is 4.90 Å². The maximum Gasteiger partial charge on any atom is 0.219 e. The van der Waals surface area contributed by atoms with Gasteiger partial charge in [-0.3, -0.25) is 9.59 Å². The molecule has 0 aromatic carbocycles. The highest BCUT2D eigenvalue weighted by molar-refractivity contribution is 5.80. The average Bonchev–Trinajstić information content (AvgIpc) is 2.32. The number of amides is 1. The molecule has 0 aliphatic carbocycles. The van der Waals surface area contributed by atoms with Crippen LogP contribution in [0, 0.1) is 23.2 Å². The van der Waals surface area contributed by atoms with Crippen molar-refractivity contribution in [1.29, 1.82) is 0 Å². The Labute approximate surface area is 130 Å². The van der Waals surface area contributed by atoms with E-state index in [0.29, 0.717) is 11.8 Å². The summed E-state index contributed by atoms with van der Waals surface area (Å²) in [4.78, 5) is 26.5. The number of ketones is 1. The van der Waals surface area contributed by atoms with Gasteiger partial charge in [0.2, 0.25) is 5.91 Å². The summed E-state index contributed by atoms with van der Waals surface area (Å²) >= 11 is 0. The summed E-state index contributed by atoms with van der Waals surface area (Å²) in [5.41, 5.74) is -0.587. The Balaban J connectivity index is 3.37. The fraction of sp³-hybridized carbons (Fsp3) is 0.889. The lowest BCUT2D eigenvalue weighted by Crippen LogP contribution is -2.59. The van der Waals surface area contributed by atoms with E-state index >= 15 is 0 Å². The van der Waals surface area contributed by atoms with Gasteiger partial charge in [-0.2, -0.15) is 0 Å². The topological polar surface area (TPSA) is 37.4 Å². The van der Waals surface area contributed by atoms with Crippen LogP contribution in [0.15, 0.2) is 0 Å². The van der Waals surface area contributed by atoms with Gasteiger partial charge in [0.1, 0.15) is 5.78 Å². The molecule has 1 aliphatic heterocycles. The molecule has 1 aliphatic rings. The highest BCUT2D eigenvalue weighted by Crippen LogP contribution is 2.47. The molecule has 3 nitrogen and oxygen atoms in total. The summed E-state index contributed by atoms with van der Waals surface area (Å²) in [7, 11) is 0. The number of Topliss-reactive ketones (excluding diaryl/α,β-unsaturated/α-hetero) is 1. The Morgan fingerprint density at radius 1 is 0.952 bits per heavy atom. The number of carbonyl (C=O) groups is 2. The van der Waals surface area contributed by atoms with Gasteiger partial charge in [-0.05, 0) is 50.9 Å². The maximum atomic E-state index is 12.3. The van der Waals surface area contributed by atoms with E-state index in [1.54, 1.807) is 13.8 Å². The molecule has 1 rings (SSSR count). The van der Waals surface area contributed by atoms with Gasteiger partial charge in [0.05, 0.1) is 0 Å². The minimum absolute atomic E-state index is 0.00495. The number of hydrogen-bond acceptors (Lipinski definition) is 2. The summed E-state index contributed by atoms with van der Waals surface area (Å²) in [6.07, 6.45) is 1.99. The third-order valence-corrected chi connectivity index (χ3v) is 5.93. The molecule has 1 saturated heterocycles. The van der Waals surface area contributed by atoms with Crippen molar-refractivity contribution < 1.29 is 9.59 Å². The lowest BCUT2D eigenvalue weighted by Gasteiger charge is -2.52. The highest BCUT2D eigenvalue weighted by Gasteiger charge is 2.50. The number of nitrogens with zero attached hydrogens (tertiary/aromatic N) is 1. The monoisotopic (exact) mass is 295 g/mol. The van der Waals surface area contributed by atoms with Crippen molar-refractivity contribution in [3.63, 3.8) is 0 Å². The lowest BCUT2D eigenvalue weighted by molar-refractivity contribution is -0.146. The predicted molar refractivity (Wildman–Crippen MR) is 87.0 cm³/mol. The van der Waals surface area contributed by atoms with Gasteiger partial charge in [-0.25, -0.2) is 0 Å². The molecule has 21 heavy (non-hydrogen) atoms. The minimum atomic E-state index is -0.340. The van der Waals surface area contributed by atoms with Gasteiger partial charge in [0.15, 0.2) is 0 Å². The van der Waals surface area contributed by atoms with E-state index in [1.807, 2.05) is 4.90 Å². The predicted octanol–water partition coefficient (Wildman–Crippen LogP) is 3.91. The first-order chi connectivity index (χ1) is 9.41. The van der Waals surface area contributed by atoms with Gasteiger partial charge in [0.25, 0.3) is 0 Å². The molecule has 1 heterocycles. The van der Waals surface area contributed by atoms with Gasteiger partial charge in [-0.15, -0.1) is 0 Å². The fourth-order valence-corrected chi connectivity index (χ4v) is 4.07. The van der Waals surface area contributed by atoms with Crippen LogP contribution in [-0.4, -0.2) is 28.7 Å². The van der Waals surface area contributed by atoms with Crippen molar-refractivity contribution in [2.24, 2.45) is 23.2 Å². The molecular formula is C18H33NO2. The molecule has 122 valence electrons. The van der Waals surface area contributed by atoms with Crippen molar-refractivity contribution in [3.05, 3.63) is 0 Å². The molecular weight excluding hydrogens is 262 g/mol. The quantitative estimate of drug-likeness (QED) is 0.735. The standard InChI is InChI=1S/C18H33NO2/c1-12-9-13(2)11-19(15(4)21)18(7,8)17(5,6)16(10-12)14(3)20/h12-13,16H,9-11H2,1-8H3. The van der Waals surface area contributed by atoms with E-state index in [0.717, 1.165) is 19.4 Å². The second-order valence-electron chi connectivity index (χ2n) is 8.26. The molecule has 0 N–H and O–H groups in total. The maximum absolute atomic E-state index is 12.3. The van der Waals surface area contributed by atoms with Crippen LogP contribution in [0.2, 0.25) is 0 Å². The Hall–Kier alpha value is -0.860.